The van der Waals surface area contributed by atoms with Crippen molar-refractivity contribution in [3.05, 3.63) is 0 Å². The molecule has 0 spiro atoms. The fourth-order valence-corrected chi connectivity index (χ4v) is 3.55. The Balaban J connectivity index is 1.68. The lowest BCUT2D eigenvalue weighted by atomic mass is 10.1. The zero-order valence-corrected chi connectivity index (χ0v) is 12.2. The van der Waals surface area contributed by atoms with E-state index in [0.717, 1.165) is 39.0 Å². The molecule has 0 aromatic rings. The van der Waals surface area contributed by atoms with Gasteiger partial charge in [-0.05, 0) is 24.7 Å². The standard InChI is InChI=1S/C15H23NO4/c1-15(2)11(12(15)14(18)19)13(17)16(10-3-4-10)7-9-5-6-20-8-9/h9-12H,3-8H2,1-2H3,(H,18,19). The van der Waals surface area contributed by atoms with Gasteiger partial charge in [0.15, 0.2) is 0 Å². The van der Waals surface area contributed by atoms with E-state index in [2.05, 4.69) is 0 Å². The Hall–Kier alpha value is -1.10. The smallest absolute Gasteiger partial charge is 0.307 e. The minimum atomic E-state index is -0.840. The van der Waals surface area contributed by atoms with Crippen LogP contribution in [0.4, 0.5) is 0 Å². The van der Waals surface area contributed by atoms with Crippen LogP contribution in [0.2, 0.25) is 0 Å². The van der Waals surface area contributed by atoms with Crippen molar-refractivity contribution in [2.45, 2.75) is 39.2 Å². The third-order valence-corrected chi connectivity index (χ3v) is 5.11. The fourth-order valence-electron chi connectivity index (χ4n) is 3.55. The van der Waals surface area contributed by atoms with Gasteiger partial charge in [0.05, 0.1) is 18.4 Å². The van der Waals surface area contributed by atoms with Gasteiger partial charge in [-0.2, -0.15) is 0 Å². The molecule has 2 saturated carbocycles. The van der Waals surface area contributed by atoms with Gasteiger partial charge in [-0.15, -0.1) is 0 Å². The molecule has 3 unspecified atom stereocenters. The van der Waals surface area contributed by atoms with Crippen molar-refractivity contribution in [1.82, 2.24) is 4.90 Å². The first-order valence-electron chi connectivity index (χ1n) is 7.54. The van der Waals surface area contributed by atoms with Gasteiger partial charge >= 0.3 is 5.97 Å². The molecule has 2 aliphatic carbocycles. The summed E-state index contributed by atoms with van der Waals surface area (Å²) in [6, 6.07) is 0.342. The Bertz CT molecular complexity index is 424. The van der Waals surface area contributed by atoms with Crippen molar-refractivity contribution in [2.24, 2.45) is 23.2 Å². The lowest BCUT2D eigenvalue weighted by Crippen LogP contribution is -2.39. The molecule has 1 aliphatic heterocycles. The number of hydrogen-bond acceptors (Lipinski definition) is 3. The number of rotatable bonds is 5. The van der Waals surface area contributed by atoms with E-state index in [-0.39, 0.29) is 11.8 Å². The number of nitrogens with zero attached hydrogens (tertiary/aromatic N) is 1. The van der Waals surface area contributed by atoms with Crippen LogP contribution in [0.3, 0.4) is 0 Å². The van der Waals surface area contributed by atoms with Gasteiger partial charge in [-0.3, -0.25) is 9.59 Å². The highest BCUT2D eigenvalue weighted by molar-refractivity contribution is 5.92. The number of carbonyl (C=O) groups excluding carboxylic acids is 1. The highest BCUT2D eigenvalue weighted by atomic mass is 16.5. The van der Waals surface area contributed by atoms with Crippen molar-refractivity contribution in [3.8, 4) is 0 Å². The Morgan fingerprint density at radius 1 is 1.25 bits per heavy atom. The molecule has 3 atom stereocenters. The maximum Gasteiger partial charge on any atom is 0.307 e. The van der Waals surface area contributed by atoms with Crippen LogP contribution < -0.4 is 0 Å². The van der Waals surface area contributed by atoms with E-state index in [1.54, 1.807) is 0 Å². The molecule has 5 heteroatoms. The summed E-state index contributed by atoms with van der Waals surface area (Å²) in [4.78, 5) is 25.9. The monoisotopic (exact) mass is 281 g/mol. The average Bonchev–Trinajstić information content (AvgIpc) is 3.23. The normalized spacial score (nSPS) is 34.8. The van der Waals surface area contributed by atoms with Gasteiger partial charge in [0, 0.05) is 25.1 Å². The molecule has 112 valence electrons. The summed E-state index contributed by atoms with van der Waals surface area (Å²) in [5.74, 6) is -1.23. The molecule has 20 heavy (non-hydrogen) atoms. The van der Waals surface area contributed by atoms with Gasteiger partial charge in [0.25, 0.3) is 0 Å². The van der Waals surface area contributed by atoms with Crippen LogP contribution in [0.15, 0.2) is 0 Å². The van der Waals surface area contributed by atoms with E-state index >= 15 is 0 Å². The van der Waals surface area contributed by atoms with Gasteiger partial charge in [0.2, 0.25) is 5.91 Å². The molecule has 3 rings (SSSR count). The second-order valence-electron chi connectivity index (χ2n) is 7.07. The van der Waals surface area contributed by atoms with Crippen molar-refractivity contribution < 1.29 is 19.4 Å². The molecule has 1 N–H and O–H groups in total. The first kappa shape index (κ1) is 13.9. The number of ether oxygens (including phenoxy) is 1. The summed E-state index contributed by atoms with van der Waals surface area (Å²) in [6.45, 7) is 6.02. The first-order valence-corrected chi connectivity index (χ1v) is 7.54. The molecular weight excluding hydrogens is 258 g/mol. The van der Waals surface area contributed by atoms with Crippen LogP contribution in [0.25, 0.3) is 0 Å². The summed E-state index contributed by atoms with van der Waals surface area (Å²) >= 11 is 0. The van der Waals surface area contributed by atoms with Crippen LogP contribution in [-0.4, -0.2) is 47.7 Å². The predicted molar refractivity (Wildman–Crippen MR) is 72.1 cm³/mol. The molecule has 0 aromatic heterocycles. The SMILES string of the molecule is CC1(C)C(C(=O)O)C1C(=O)N(CC1CCOC1)C1CC1. The summed E-state index contributed by atoms with van der Waals surface area (Å²) in [5, 5.41) is 9.24. The summed E-state index contributed by atoms with van der Waals surface area (Å²) < 4.78 is 5.38. The molecule has 1 amide bonds. The predicted octanol–water partition coefficient (Wildman–Crippen LogP) is 1.37. The van der Waals surface area contributed by atoms with Crippen molar-refractivity contribution in [3.63, 3.8) is 0 Å². The fraction of sp³-hybridized carbons (Fsp3) is 0.867. The largest absolute Gasteiger partial charge is 0.481 e. The van der Waals surface area contributed by atoms with Crippen LogP contribution in [0, 0.1) is 23.2 Å². The van der Waals surface area contributed by atoms with Crippen molar-refractivity contribution in [2.75, 3.05) is 19.8 Å². The topological polar surface area (TPSA) is 66.8 Å². The van der Waals surface area contributed by atoms with Crippen molar-refractivity contribution >= 4 is 11.9 Å². The van der Waals surface area contributed by atoms with Crippen LogP contribution in [0.5, 0.6) is 0 Å². The highest BCUT2D eigenvalue weighted by Gasteiger charge is 2.67. The quantitative estimate of drug-likeness (QED) is 0.826. The zero-order valence-electron chi connectivity index (χ0n) is 12.2. The third kappa shape index (κ3) is 2.32. The molecule has 1 heterocycles. The minimum absolute atomic E-state index is 0.0526. The molecule has 0 aromatic carbocycles. The molecule has 3 fully saturated rings. The highest BCUT2D eigenvalue weighted by Crippen LogP contribution is 2.59. The third-order valence-electron chi connectivity index (χ3n) is 5.11. The lowest BCUT2D eigenvalue weighted by Gasteiger charge is -2.26. The van der Waals surface area contributed by atoms with E-state index in [1.165, 1.54) is 0 Å². The van der Waals surface area contributed by atoms with Crippen LogP contribution in [0.1, 0.15) is 33.1 Å². The number of carbonyl (C=O) groups is 2. The summed E-state index contributed by atoms with van der Waals surface area (Å²) in [5.41, 5.74) is -0.401. The molecule has 1 saturated heterocycles. The number of carboxylic acid groups (broad SMARTS) is 1. The van der Waals surface area contributed by atoms with Gasteiger partial charge in [-0.1, -0.05) is 13.8 Å². The Morgan fingerprint density at radius 3 is 2.40 bits per heavy atom. The van der Waals surface area contributed by atoms with Crippen molar-refractivity contribution in [1.29, 1.82) is 0 Å². The Morgan fingerprint density at radius 2 is 1.95 bits per heavy atom. The second-order valence-corrected chi connectivity index (χ2v) is 7.07. The summed E-state index contributed by atoms with van der Waals surface area (Å²) in [7, 11) is 0. The molecule has 0 radical (unpaired) electrons. The second kappa shape index (κ2) is 4.72. The maximum absolute atomic E-state index is 12.7. The number of hydrogen-bond donors (Lipinski definition) is 1. The number of aliphatic carboxylic acids is 1. The van der Waals surface area contributed by atoms with E-state index < -0.39 is 17.3 Å². The van der Waals surface area contributed by atoms with Gasteiger partial charge in [-0.25, -0.2) is 0 Å². The van der Waals surface area contributed by atoms with Crippen LogP contribution >= 0.6 is 0 Å². The summed E-state index contributed by atoms with van der Waals surface area (Å²) in [6.07, 6.45) is 3.13. The Kier molecular flexibility index (Phi) is 3.27. The van der Waals surface area contributed by atoms with E-state index in [4.69, 9.17) is 4.74 Å². The van der Waals surface area contributed by atoms with Crippen LogP contribution in [-0.2, 0) is 14.3 Å². The zero-order chi connectivity index (χ0) is 14.5. The van der Waals surface area contributed by atoms with Gasteiger partial charge in [0.1, 0.15) is 0 Å². The molecule has 3 aliphatic rings. The van der Waals surface area contributed by atoms with E-state index in [0.29, 0.717) is 12.0 Å². The van der Waals surface area contributed by atoms with E-state index in [1.807, 2.05) is 18.7 Å². The molecular formula is C15H23NO4. The minimum Gasteiger partial charge on any atom is -0.481 e. The number of carboxylic acids is 1. The lowest BCUT2D eigenvalue weighted by molar-refractivity contribution is -0.142. The molecule has 0 bridgehead atoms. The van der Waals surface area contributed by atoms with E-state index in [9.17, 15) is 14.7 Å². The average molecular weight is 281 g/mol. The first-order chi connectivity index (χ1) is 9.43. The van der Waals surface area contributed by atoms with Gasteiger partial charge < -0.3 is 14.7 Å². The molecule has 5 nitrogen and oxygen atoms in total. The number of amides is 1. The Labute approximate surface area is 119 Å². The maximum atomic E-state index is 12.7.